The van der Waals surface area contributed by atoms with Crippen molar-refractivity contribution in [3.8, 4) is 0 Å². The maximum atomic E-state index is 11.5. The maximum absolute atomic E-state index is 11.5. The summed E-state index contributed by atoms with van der Waals surface area (Å²) < 4.78 is 42.1. The van der Waals surface area contributed by atoms with E-state index in [0.29, 0.717) is 19.4 Å². The van der Waals surface area contributed by atoms with Crippen LogP contribution >= 0.6 is 0 Å². The average molecular weight is 566 g/mol. The van der Waals surface area contributed by atoms with Gasteiger partial charge >= 0.3 is 29.6 Å². The second-order valence-electron chi connectivity index (χ2n) is 9.34. The van der Waals surface area contributed by atoms with Crippen LogP contribution in [0.15, 0.2) is 0 Å². The Labute approximate surface area is 242 Å². The number of ether oxygens (including phenoxy) is 2. The van der Waals surface area contributed by atoms with Gasteiger partial charge in [0, 0.05) is 19.6 Å². The number of unbranched alkanes of at least 4 members (excludes halogenated alkanes) is 7. The summed E-state index contributed by atoms with van der Waals surface area (Å²) in [5.74, 6) is -0.865. The smallest absolute Gasteiger partial charge is 0.748 e. The number of aliphatic hydroxyl groups is 5. The van der Waals surface area contributed by atoms with Crippen molar-refractivity contribution in [2.45, 2.75) is 114 Å². The summed E-state index contributed by atoms with van der Waals surface area (Å²) in [5, 5.41) is 51.1. The summed E-state index contributed by atoms with van der Waals surface area (Å²) in [6.07, 6.45) is 2.84. The first-order valence-corrected chi connectivity index (χ1v) is 14.4. The summed E-state index contributed by atoms with van der Waals surface area (Å²) in [4.78, 5) is 11.5. The van der Waals surface area contributed by atoms with Gasteiger partial charge < -0.3 is 44.9 Å². The molecule has 0 aliphatic carbocycles. The molecule has 1 amide bonds. The van der Waals surface area contributed by atoms with Crippen LogP contribution in [0.1, 0.15) is 77.0 Å². The molecule has 6 N–H and O–H groups in total. The number of rotatable bonds is 20. The van der Waals surface area contributed by atoms with E-state index in [1.807, 2.05) is 0 Å². The molecule has 1 fully saturated rings. The van der Waals surface area contributed by atoms with E-state index in [1.54, 1.807) is 0 Å². The molecule has 214 valence electrons. The molecule has 0 radical (unpaired) electrons. The molecule has 1 heterocycles. The average Bonchev–Trinajstić information content (AvgIpc) is 2.81. The first-order valence-electron chi connectivity index (χ1n) is 12.9. The van der Waals surface area contributed by atoms with Gasteiger partial charge in [-0.2, -0.15) is 0 Å². The molecule has 1 aliphatic heterocycles. The molecule has 37 heavy (non-hydrogen) atoms. The van der Waals surface area contributed by atoms with E-state index < -0.39 is 53.2 Å². The van der Waals surface area contributed by atoms with Gasteiger partial charge in [0.1, 0.15) is 24.4 Å². The van der Waals surface area contributed by atoms with Gasteiger partial charge in [0.15, 0.2) is 6.29 Å². The molecular formula is C23H44NNaO11S. The van der Waals surface area contributed by atoms with Crippen LogP contribution in [0.3, 0.4) is 0 Å². The third kappa shape index (κ3) is 17.4. The van der Waals surface area contributed by atoms with Crippen LogP contribution in [0, 0.1) is 0 Å². The summed E-state index contributed by atoms with van der Waals surface area (Å²) in [6, 6.07) is 0. The number of hydrogen-bond donors (Lipinski definition) is 6. The number of amides is 1. The summed E-state index contributed by atoms with van der Waals surface area (Å²) in [6.45, 7) is -0.334. The van der Waals surface area contributed by atoms with E-state index in [2.05, 4.69) is 5.32 Å². The summed E-state index contributed by atoms with van der Waals surface area (Å²) >= 11 is 0. The van der Waals surface area contributed by atoms with Crippen LogP contribution in [-0.4, -0.2) is 107 Å². The van der Waals surface area contributed by atoms with Crippen molar-refractivity contribution >= 4 is 16.0 Å². The van der Waals surface area contributed by atoms with Gasteiger partial charge in [0.05, 0.1) is 28.6 Å². The SMILES string of the molecule is O=C(CCCCCCC(O)CCCCCCCO[C@@H]1O[C@H](CO)[C@@H](O)[C@H](O)[C@H]1O)NCCS(=O)(=O)[O-].[Na+]. The van der Waals surface area contributed by atoms with E-state index in [-0.39, 0.29) is 54.5 Å². The number of aliphatic hydroxyl groups excluding tert-OH is 5. The van der Waals surface area contributed by atoms with Gasteiger partial charge in [0.25, 0.3) is 0 Å². The zero-order valence-corrected chi connectivity index (χ0v) is 24.7. The van der Waals surface area contributed by atoms with Gasteiger partial charge in [-0.05, 0) is 25.7 Å². The molecule has 1 unspecified atom stereocenters. The molecule has 14 heteroatoms. The van der Waals surface area contributed by atoms with E-state index in [0.717, 1.165) is 57.8 Å². The quantitative estimate of drug-likeness (QED) is 0.0485. The van der Waals surface area contributed by atoms with Crippen molar-refractivity contribution in [2.24, 2.45) is 0 Å². The van der Waals surface area contributed by atoms with Gasteiger partial charge in [-0.1, -0.05) is 44.9 Å². The molecule has 1 aliphatic rings. The summed E-state index contributed by atoms with van der Waals surface area (Å²) in [5.41, 5.74) is 0. The maximum Gasteiger partial charge on any atom is 1.00 e. The molecule has 0 aromatic heterocycles. The van der Waals surface area contributed by atoms with E-state index >= 15 is 0 Å². The Bertz CT molecular complexity index is 698. The standard InChI is InChI=1S/C23H45NO11S.Na/c25-16-18-20(28)21(29)22(30)23(35-18)34-14-9-5-1-2-6-10-17(26)11-7-3-4-8-12-19(27)24-13-15-36(31,32)33;/h17-18,20-23,25-26,28-30H,1-16H2,(H,24,27)(H,31,32,33);/q;+1/p-1/t17?,18-,20-,21+,22-,23-;/m1./s1. The molecule has 0 bridgehead atoms. The van der Waals surface area contributed by atoms with E-state index in [4.69, 9.17) is 9.47 Å². The summed E-state index contributed by atoms with van der Waals surface area (Å²) in [7, 11) is -4.31. The Hall–Kier alpha value is 0.1000. The first kappa shape index (κ1) is 37.1. The minimum absolute atomic E-state index is 0. The zero-order chi connectivity index (χ0) is 27.0. The van der Waals surface area contributed by atoms with Crippen molar-refractivity contribution in [1.29, 1.82) is 0 Å². The predicted octanol–water partition coefficient (Wildman–Crippen LogP) is -3.49. The second kappa shape index (κ2) is 20.9. The normalized spacial score (nSPS) is 24.9. The fraction of sp³-hybridized carbons (Fsp3) is 0.957. The molecule has 0 saturated carbocycles. The van der Waals surface area contributed by atoms with Gasteiger partial charge in [0.2, 0.25) is 5.91 Å². The van der Waals surface area contributed by atoms with Crippen molar-refractivity contribution in [1.82, 2.24) is 5.32 Å². The topological polar surface area (TPSA) is 206 Å². The van der Waals surface area contributed by atoms with Crippen LogP contribution in [-0.2, 0) is 24.4 Å². The van der Waals surface area contributed by atoms with Gasteiger partial charge in [-0.25, -0.2) is 8.42 Å². The van der Waals surface area contributed by atoms with Crippen molar-refractivity contribution in [3.05, 3.63) is 0 Å². The predicted molar refractivity (Wildman–Crippen MR) is 129 cm³/mol. The number of nitrogens with one attached hydrogen (secondary N) is 1. The third-order valence-electron chi connectivity index (χ3n) is 6.18. The Balaban J connectivity index is 0.0000130. The molecule has 1 saturated heterocycles. The van der Waals surface area contributed by atoms with Crippen LogP contribution in [0.5, 0.6) is 0 Å². The Morgan fingerprint density at radius 2 is 1.49 bits per heavy atom. The van der Waals surface area contributed by atoms with Gasteiger partial charge in [-0.15, -0.1) is 0 Å². The molecule has 0 aromatic carbocycles. The van der Waals surface area contributed by atoms with Crippen molar-refractivity contribution in [3.63, 3.8) is 0 Å². The Morgan fingerprint density at radius 3 is 2.08 bits per heavy atom. The number of carbonyl (C=O) groups excluding carboxylic acids is 1. The van der Waals surface area contributed by atoms with Crippen molar-refractivity contribution < 1.29 is 82.3 Å². The minimum Gasteiger partial charge on any atom is -0.748 e. The third-order valence-corrected chi connectivity index (χ3v) is 6.88. The van der Waals surface area contributed by atoms with Gasteiger partial charge in [-0.3, -0.25) is 4.79 Å². The fourth-order valence-electron chi connectivity index (χ4n) is 3.98. The monoisotopic (exact) mass is 565 g/mol. The van der Waals surface area contributed by atoms with E-state index in [1.165, 1.54) is 0 Å². The largest absolute Gasteiger partial charge is 1.00 e. The first-order chi connectivity index (χ1) is 17.0. The molecule has 1 rings (SSSR count). The van der Waals surface area contributed by atoms with Crippen LogP contribution in [0.4, 0.5) is 0 Å². The van der Waals surface area contributed by atoms with Crippen LogP contribution < -0.4 is 34.9 Å². The fourth-order valence-corrected chi connectivity index (χ4v) is 4.34. The van der Waals surface area contributed by atoms with E-state index in [9.17, 15) is 43.3 Å². The number of hydrogen-bond acceptors (Lipinski definition) is 11. The van der Waals surface area contributed by atoms with Crippen molar-refractivity contribution in [2.75, 3.05) is 25.5 Å². The Morgan fingerprint density at radius 1 is 0.919 bits per heavy atom. The Kier molecular flexibility index (Phi) is 21.0. The van der Waals surface area contributed by atoms with Crippen LogP contribution in [0.2, 0.25) is 0 Å². The molecule has 0 spiro atoms. The molecule has 6 atom stereocenters. The molecule has 12 nitrogen and oxygen atoms in total. The zero-order valence-electron chi connectivity index (χ0n) is 21.9. The van der Waals surface area contributed by atoms with Crippen LogP contribution in [0.25, 0.3) is 0 Å². The molecular weight excluding hydrogens is 521 g/mol. The molecule has 0 aromatic rings. The minimum atomic E-state index is -4.31. The number of carbonyl (C=O) groups is 1. The second-order valence-corrected chi connectivity index (χ2v) is 10.9.